The average Bonchev–Trinajstić information content (AvgIpc) is 3.07. The first-order chi connectivity index (χ1) is 12.2. The fraction of sp³-hybridized carbons (Fsp3) is 0.300. The third kappa shape index (κ3) is 4.36. The molecule has 1 aromatic heterocycles. The van der Waals surface area contributed by atoms with Crippen LogP contribution in [0.1, 0.15) is 21.4 Å². The van der Waals surface area contributed by atoms with E-state index in [1.807, 2.05) is 47.4 Å². The molecule has 0 N–H and O–H groups in total. The van der Waals surface area contributed by atoms with Gasteiger partial charge >= 0.3 is 0 Å². The zero-order valence-corrected chi connectivity index (χ0v) is 15.1. The van der Waals surface area contributed by atoms with Gasteiger partial charge in [0.15, 0.2) is 0 Å². The van der Waals surface area contributed by atoms with Crippen LogP contribution in [0.3, 0.4) is 0 Å². The van der Waals surface area contributed by atoms with Gasteiger partial charge in [-0.25, -0.2) is 0 Å². The van der Waals surface area contributed by atoms with E-state index in [4.69, 9.17) is 0 Å². The molecule has 1 aromatic carbocycles. The molecule has 4 nitrogen and oxygen atoms in total. The van der Waals surface area contributed by atoms with Crippen LogP contribution in [0, 0.1) is 18.3 Å². The number of nitriles is 1. The summed E-state index contributed by atoms with van der Waals surface area (Å²) in [5, 5.41) is 9.54. The van der Waals surface area contributed by atoms with Gasteiger partial charge in [0, 0.05) is 42.0 Å². The Bertz CT molecular complexity index is 783. The fourth-order valence-electron chi connectivity index (χ4n) is 3.00. The van der Waals surface area contributed by atoms with E-state index < -0.39 is 0 Å². The van der Waals surface area contributed by atoms with Gasteiger partial charge in [-0.15, -0.1) is 11.3 Å². The van der Waals surface area contributed by atoms with E-state index in [2.05, 4.69) is 24.0 Å². The highest BCUT2D eigenvalue weighted by Gasteiger charge is 2.26. The lowest BCUT2D eigenvalue weighted by molar-refractivity contribution is -0.127. The third-order valence-electron chi connectivity index (χ3n) is 4.38. The molecular formula is C20H21N3OS. The molecular weight excluding hydrogens is 330 g/mol. The number of piperazine rings is 1. The van der Waals surface area contributed by atoms with Crippen molar-refractivity contribution in [2.24, 2.45) is 0 Å². The number of thiophene rings is 1. The predicted molar refractivity (Wildman–Crippen MR) is 101 cm³/mol. The first-order valence-electron chi connectivity index (χ1n) is 8.39. The molecule has 0 aliphatic carbocycles. The van der Waals surface area contributed by atoms with Crippen molar-refractivity contribution in [3.63, 3.8) is 0 Å². The highest BCUT2D eigenvalue weighted by Crippen LogP contribution is 2.21. The summed E-state index contributed by atoms with van der Waals surface area (Å²) in [6.45, 7) is 4.78. The summed E-state index contributed by atoms with van der Waals surface area (Å²) < 4.78 is 0. The number of hydrogen-bond donors (Lipinski definition) is 0. The van der Waals surface area contributed by atoms with Crippen LogP contribution >= 0.6 is 11.3 Å². The molecule has 1 amide bonds. The summed E-state index contributed by atoms with van der Waals surface area (Å²) in [5.74, 6) is 0.0407. The van der Waals surface area contributed by atoms with Gasteiger partial charge in [0.25, 0.3) is 0 Å². The summed E-state index contributed by atoms with van der Waals surface area (Å²) in [6, 6.07) is 16.1. The van der Waals surface area contributed by atoms with Crippen molar-refractivity contribution in [1.82, 2.24) is 9.80 Å². The lowest BCUT2D eigenvalue weighted by atomic mass is 10.1. The average molecular weight is 351 g/mol. The van der Waals surface area contributed by atoms with Gasteiger partial charge in [-0.2, -0.15) is 5.26 Å². The molecule has 1 unspecified atom stereocenters. The first-order valence-corrected chi connectivity index (χ1v) is 9.21. The number of aryl methyl sites for hydroxylation is 1. The molecule has 25 heavy (non-hydrogen) atoms. The van der Waals surface area contributed by atoms with Crippen LogP contribution in [0.2, 0.25) is 0 Å². The van der Waals surface area contributed by atoms with Gasteiger partial charge in [0.1, 0.15) is 6.04 Å². The summed E-state index contributed by atoms with van der Waals surface area (Å²) in [4.78, 5) is 18.7. The van der Waals surface area contributed by atoms with E-state index in [-0.39, 0.29) is 11.9 Å². The van der Waals surface area contributed by atoms with Gasteiger partial charge in [-0.3, -0.25) is 9.69 Å². The number of carbonyl (C=O) groups excluding carboxylic acids is 1. The topological polar surface area (TPSA) is 47.3 Å². The fourth-order valence-corrected chi connectivity index (χ4v) is 3.78. The Morgan fingerprint density at radius 2 is 1.88 bits per heavy atom. The van der Waals surface area contributed by atoms with Crippen molar-refractivity contribution < 1.29 is 4.79 Å². The maximum absolute atomic E-state index is 12.4. The first kappa shape index (κ1) is 17.4. The molecule has 2 aromatic rings. The molecule has 1 aliphatic rings. The molecule has 0 saturated carbocycles. The monoisotopic (exact) mass is 351 g/mol. The van der Waals surface area contributed by atoms with E-state index in [9.17, 15) is 10.1 Å². The zero-order valence-electron chi connectivity index (χ0n) is 14.3. The van der Waals surface area contributed by atoms with Gasteiger partial charge in [0.2, 0.25) is 5.91 Å². The lowest BCUT2D eigenvalue weighted by Crippen LogP contribution is -2.49. The Morgan fingerprint density at radius 1 is 1.16 bits per heavy atom. The van der Waals surface area contributed by atoms with Gasteiger partial charge < -0.3 is 4.90 Å². The largest absolute Gasteiger partial charge is 0.337 e. The zero-order chi connectivity index (χ0) is 17.6. The Kier molecular flexibility index (Phi) is 5.64. The highest BCUT2D eigenvalue weighted by atomic mass is 32.1. The molecule has 1 saturated heterocycles. The molecule has 5 heteroatoms. The van der Waals surface area contributed by atoms with Crippen LogP contribution in [0.4, 0.5) is 0 Å². The van der Waals surface area contributed by atoms with E-state index in [0.717, 1.165) is 10.4 Å². The van der Waals surface area contributed by atoms with Crippen molar-refractivity contribution >= 4 is 23.3 Å². The third-order valence-corrected chi connectivity index (χ3v) is 5.35. The van der Waals surface area contributed by atoms with Gasteiger partial charge in [-0.05, 0) is 30.7 Å². The quantitative estimate of drug-likeness (QED) is 0.793. The maximum atomic E-state index is 12.4. The van der Waals surface area contributed by atoms with Gasteiger partial charge in [-0.1, -0.05) is 30.3 Å². The van der Waals surface area contributed by atoms with Crippen LogP contribution in [0.5, 0.6) is 0 Å². The minimum absolute atomic E-state index is 0.0407. The molecule has 3 rings (SSSR count). The van der Waals surface area contributed by atoms with E-state index in [0.29, 0.717) is 26.2 Å². The number of carbonyl (C=O) groups is 1. The van der Waals surface area contributed by atoms with Crippen LogP contribution in [0.15, 0.2) is 48.5 Å². The SMILES string of the molecule is Cc1ccc(/C=C/C(=O)N2CCN(C(C#N)c3ccccc3)CC2)s1. The number of benzene rings is 1. The van der Waals surface area contributed by atoms with E-state index in [1.54, 1.807) is 17.4 Å². The molecule has 128 valence electrons. The van der Waals surface area contributed by atoms with Crippen molar-refractivity contribution in [2.45, 2.75) is 13.0 Å². The second kappa shape index (κ2) is 8.11. The number of nitrogens with zero attached hydrogens (tertiary/aromatic N) is 3. The predicted octanol–water partition coefficient (Wildman–Crippen LogP) is 3.48. The summed E-state index contributed by atoms with van der Waals surface area (Å²) in [7, 11) is 0. The second-order valence-corrected chi connectivity index (χ2v) is 7.40. The Hall–Kier alpha value is -2.42. The molecule has 1 fully saturated rings. The molecule has 1 aliphatic heterocycles. The van der Waals surface area contributed by atoms with Crippen molar-refractivity contribution in [2.75, 3.05) is 26.2 Å². The second-order valence-electron chi connectivity index (χ2n) is 6.09. The van der Waals surface area contributed by atoms with E-state index >= 15 is 0 Å². The Morgan fingerprint density at radius 3 is 2.48 bits per heavy atom. The van der Waals surface area contributed by atoms with Crippen LogP contribution in [-0.2, 0) is 4.79 Å². The summed E-state index contributed by atoms with van der Waals surface area (Å²) in [6.07, 6.45) is 3.54. The normalized spacial score (nSPS) is 16.7. The molecule has 0 bridgehead atoms. The molecule has 2 heterocycles. The number of hydrogen-bond acceptors (Lipinski definition) is 4. The summed E-state index contributed by atoms with van der Waals surface area (Å²) in [5.41, 5.74) is 1.01. The van der Waals surface area contributed by atoms with Crippen LogP contribution < -0.4 is 0 Å². The van der Waals surface area contributed by atoms with Gasteiger partial charge in [0.05, 0.1) is 6.07 Å². The molecule has 0 radical (unpaired) electrons. The Labute approximate surface area is 152 Å². The minimum atomic E-state index is -0.247. The number of rotatable bonds is 4. The van der Waals surface area contributed by atoms with Crippen molar-refractivity contribution in [3.8, 4) is 6.07 Å². The smallest absolute Gasteiger partial charge is 0.246 e. The molecule has 1 atom stereocenters. The van der Waals surface area contributed by atoms with Crippen molar-refractivity contribution in [1.29, 1.82) is 5.26 Å². The van der Waals surface area contributed by atoms with Crippen LogP contribution in [-0.4, -0.2) is 41.9 Å². The Balaban J connectivity index is 1.57. The van der Waals surface area contributed by atoms with Crippen LogP contribution in [0.25, 0.3) is 6.08 Å². The standard InChI is InChI=1S/C20H21N3OS/c1-16-7-8-18(25-16)9-10-20(24)23-13-11-22(12-14-23)19(15-21)17-5-3-2-4-6-17/h2-10,19H,11-14H2,1H3/b10-9+. The molecule has 0 spiro atoms. The highest BCUT2D eigenvalue weighted by molar-refractivity contribution is 7.12. The maximum Gasteiger partial charge on any atom is 0.246 e. The van der Waals surface area contributed by atoms with E-state index in [1.165, 1.54) is 4.88 Å². The summed E-state index contributed by atoms with van der Waals surface area (Å²) >= 11 is 1.68. The number of amides is 1. The van der Waals surface area contributed by atoms with Crippen molar-refractivity contribution in [3.05, 3.63) is 63.9 Å². The minimum Gasteiger partial charge on any atom is -0.337 e. The lowest BCUT2D eigenvalue weighted by Gasteiger charge is -2.36.